The van der Waals surface area contributed by atoms with Crippen LogP contribution in [0.25, 0.3) is 0 Å². The summed E-state index contributed by atoms with van der Waals surface area (Å²) in [5, 5.41) is 19.9. The fraction of sp³-hybridized carbons (Fsp3) is 0.783. The number of amides is 2. The van der Waals surface area contributed by atoms with Gasteiger partial charge in [-0.2, -0.15) is 0 Å². The first kappa shape index (κ1) is 23.7. The molecule has 3 fully saturated rings. The summed E-state index contributed by atoms with van der Waals surface area (Å²) < 4.78 is 6.22. The number of rotatable bonds is 11. The molecule has 31 heavy (non-hydrogen) atoms. The number of carboxylic acid groups (broad SMARTS) is 1. The molecular formula is C23H36N2O6. The van der Waals surface area contributed by atoms with Gasteiger partial charge in [0.15, 0.2) is 0 Å². The lowest BCUT2D eigenvalue weighted by atomic mass is 9.70. The van der Waals surface area contributed by atoms with E-state index in [2.05, 4.69) is 13.5 Å². The Kier molecular flexibility index (Phi) is 7.11. The number of ether oxygens (including phenoxy) is 1. The van der Waals surface area contributed by atoms with Gasteiger partial charge in [-0.15, -0.1) is 6.58 Å². The number of carboxylic acids is 1. The lowest BCUT2D eigenvalue weighted by molar-refractivity contribution is -0.154. The zero-order valence-electron chi connectivity index (χ0n) is 18.8. The van der Waals surface area contributed by atoms with Crippen molar-refractivity contribution in [3.05, 3.63) is 12.7 Å². The van der Waals surface area contributed by atoms with Gasteiger partial charge in [0.25, 0.3) is 0 Å². The van der Waals surface area contributed by atoms with Gasteiger partial charge < -0.3 is 24.7 Å². The quantitative estimate of drug-likeness (QED) is 0.377. The average Bonchev–Trinajstić information content (AvgIpc) is 3.35. The summed E-state index contributed by atoms with van der Waals surface area (Å²) >= 11 is 0. The Bertz CT molecular complexity index is 725. The van der Waals surface area contributed by atoms with Crippen LogP contribution in [-0.2, 0) is 19.1 Å². The largest absolute Gasteiger partial charge is 0.481 e. The fourth-order valence-corrected chi connectivity index (χ4v) is 5.80. The minimum atomic E-state index is -1.14. The van der Waals surface area contributed by atoms with Gasteiger partial charge in [-0.3, -0.25) is 14.4 Å². The Morgan fingerprint density at radius 1 is 1.39 bits per heavy atom. The molecule has 2 amide bonds. The number of aliphatic carboxylic acids is 1. The predicted molar refractivity (Wildman–Crippen MR) is 114 cm³/mol. The van der Waals surface area contributed by atoms with E-state index in [0.717, 1.165) is 19.3 Å². The van der Waals surface area contributed by atoms with E-state index < -0.39 is 41.6 Å². The summed E-state index contributed by atoms with van der Waals surface area (Å²) in [6, 6.07) is -1.51. The summed E-state index contributed by atoms with van der Waals surface area (Å²) in [6.45, 7) is 10.2. The normalized spacial score (nSPS) is 32.4. The maximum Gasteiger partial charge on any atom is 0.310 e. The summed E-state index contributed by atoms with van der Waals surface area (Å²) in [4.78, 5) is 42.7. The zero-order valence-corrected chi connectivity index (χ0v) is 18.8. The van der Waals surface area contributed by atoms with Crippen molar-refractivity contribution in [2.24, 2.45) is 17.8 Å². The number of aliphatic hydroxyl groups excluding tert-OH is 1. The molecule has 6 atom stereocenters. The minimum Gasteiger partial charge on any atom is -0.481 e. The number of likely N-dealkylation sites (tertiary alicyclic amines) is 1. The van der Waals surface area contributed by atoms with Gasteiger partial charge in [0.2, 0.25) is 11.8 Å². The summed E-state index contributed by atoms with van der Waals surface area (Å²) in [6.07, 6.45) is 4.93. The third-order valence-electron chi connectivity index (χ3n) is 7.26. The van der Waals surface area contributed by atoms with E-state index >= 15 is 0 Å². The molecule has 0 aromatic carbocycles. The molecule has 3 saturated heterocycles. The second-order valence-electron chi connectivity index (χ2n) is 9.41. The average molecular weight is 437 g/mol. The van der Waals surface area contributed by atoms with Crippen LogP contribution in [0.3, 0.4) is 0 Å². The van der Waals surface area contributed by atoms with Crippen molar-refractivity contribution in [1.29, 1.82) is 0 Å². The van der Waals surface area contributed by atoms with E-state index in [1.54, 1.807) is 11.0 Å². The number of fused-ring (bicyclic) bond motifs is 1. The second kappa shape index (κ2) is 9.28. The van der Waals surface area contributed by atoms with Crippen molar-refractivity contribution < 1.29 is 29.3 Å². The summed E-state index contributed by atoms with van der Waals surface area (Å²) in [5.74, 6) is -3.64. The smallest absolute Gasteiger partial charge is 0.310 e. The molecule has 0 aromatic heterocycles. The fourth-order valence-electron chi connectivity index (χ4n) is 5.80. The van der Waals surface area contributed by atoms with Crippen LogP contribution in [0, 0.1) is 17.8 Å². The number of unbranched alkanes of at least 4 members (excludes halogenated alkanes) is 2. The third kappa shape index (κ3) is 3.78. The zero-order chi connectivity index (χ0) is 22.9. The van der Waals surface area contributed by atoms with E-state index in [4.69, 9.17) is 4.74 Å². The number of nitrogens with zero attached hydrogens (tertiary/aromatic N) is 2. The van der Waals surface area contributed by atoms with Crippen LogP contribution >= 0.6 is 0 Å². The van der Waals surface area contributed by atoms with Crippen LogP contribution < -0.4 is 0 Å². The van der Waals surface area contributed by atoms with Crippen molar-refractivity contribution >= 4 is 17.8 Å². The van der Waals surface area contributed by atoms with E-state index in [9.17, 15) is 24.6 Å². The van der Waals surface area contributed by atoms with Crippen LogP contribution in [0.5, 0.6) is 0 Å². The molecule has 0 aliphatic carbocycles. The Morgan fingerprint density at radius 3 is 2.65 bits per heavy atom. The number of carbonyl (C=O) groups excluding carboxylic acids is 2. The molecule has 174 valence electrons. The second-order valence-corrected chi connectivity index (χ2v) is 9.41. The van der Waals surface area contributed by atoms with Crippen LogP contribution in [0.2, 0.25) is 0 Å². The van der Waals surface area contributed by atoms with Crippen LogP contribution in [0.4, 0.5) is 0 Å². The van der Waals surface area contributed by atoms with Crippen molar-refractivity contribution in [1.82, 2.24) is 9.80 Å². The van der Waals surface area contributed by atoms with Gasteiger partial charge in [-0.05, 0) is 25.2 Å². The van der Waals surface area contributed by atoms with Gasteiger partial charge >= 0.3 is 5.97 Å². The molecule has 3 aliphatic heterocycles. The first-order valence-electron chi connectivity index (χ1n) is 11.5. The maximum absolute atomic E-state index is 13.9. The molecule has 3 heterocycles. The number of hydrogen-bond donors (Lipinski definition) is 2. The van der Waals surface area contributed by atoms with Crippen molar-refractivity contribution in [2.75, 3.05) is 19.7 Å². The van der Waals surface area contributed by atoms with Gasteiger partial charge in [0, 0.05) is 13.1 Å². The standard InChI is InChI=1S/C23H36N2O6/c1-5-7-8-12-24(11-6-2)21(28)19-23-10-9-16(31-23)17(22(29)30)18(23)20(27)25(19)15(13-26)14(3)4/h6,14-19,26H,2,5,7-13H2,1,3-4H3,(H,29,30)/t15-,16-,17+,18+,19-,23+/m0/s1. The molecule has 2 N–H and O–H groups in total. The molecule has 0 aromatic rings. The summed E-state index contributed by atoms with van der Waals surface area (Å²) in [5.41, 5.74) is -1.14. The van der Waals surface area contributed by atoms with Crippen molar-refractivity contribution in [3.8, 4) is 0 Å². The lowest BCUT2D eigenvalue weighted by Crippen LogP contribution is -2.59. The Morgan fingerprint density at radius 2 is 2.10 bits per heavy atom. The van der Waals surface area contributed by atoms with E-state index in [-0.39, 0.29) is 24.3 Å². The lowest BCUT2D eigenvalue weighted by Gasteiger charge is -2.40. The van der Waals surface area contributed by atoms with Crippen molar-refractivity contribution in [2.45, 2.75) is 76.7 Å². The van der Waals surface area contributed by atoms with Gasteiger partial charge in [-0.25, -0.2) is 0 Å². The minimum absolute atomic E-state index is 0.104. The van der Waals surface area contributed by atoms with Gasteiger partial charge in [-0.1, -0.05) is 39.7 Å². The van der Waals surface area contributed by atoms with Crippen LogP contribution in [-0.4, -0.2) is 81.3 Å². The molecule has 0 radical (unpaired) electrons. The first-order chi connectivity index (χ1) is 14.7. The predicted octanol–water partition coefficient (Wildman–Crippen LogP) is 1.67. The number of carbonyl (C=O) groups is 3. The highest BCUT2D eigenvalue weighted by atomic mass is 16.5. The molecule has 3 aliphatic rings. The molecule has 1 spiro atoms. The highest BCUT2D eigenvalue weighted by molar-refractivity contribution is 5.98. The topological polar surface area (TPSA) is 107 Å². The number of hydrogen-bond acceptors (Lipinski definition) is 5. The molecule has 2 bridgehead atoms. The SMILES string of the molecule is C=CCN(CCCCC)C(=O)[C@@H]1N([C@@H](CO)C(C)C)C(=O)[C@H]2[C@H](C(=O)O)[C@@H]3CC[C@]12O3. The summed E-state index contributed by atoms with van der Waals surface area (Å²) in [7, 11) is 0. The Labute approximate surface area is 184 Å². The number of aliphatic hydroxyl groups is 1. The van der Waals surface area contributed by atoms with E-state index in [0.29, 0.717) is 25.9 Å². The maximum atomic E-state index is 13.9. The van der Waals surface area contributed by atoms with Crippen molar-refractivity contribution in [3.63, 3.8) is 0 Å². The van der Waals surface area contributed by atoms with Crippen LogP contribution in [0.15, 0.2) is 12.7 Å². The van der Waals surface area contributed by atoms with Gasteiger partial charge in [0.05, 0.1) is 30.6 Å². The molecule has 8 nitrogen and oxygen atoms in total. The van der Waals surface area contributed by atoms with Crippen LogP contribution in [0.1, 0.15) is 52.9 Å². The Balaban J connectivity index is 2.04. The first-order valence-corrected chi connectivity index (χ1v) is 11.5. The molecular weight excluding hydrogens is 400 g/mol. The van der Waals surface area contributed by atoms with E-state index in [1.807, 2.05) is 13.8 Å². The van der Waals surface area contributed by atoms with Gasteiger partial charge in [0.1, 0.15) is 11.6 Å². The monoisotopic (exact) mass is 436 g/mol. The highest BCUT2D eigenvalue weighted by Crippen LogP contribution is 2.59. The van der Waals surface area contributed by atoms with E-state index in [1.165, 1.54) is 4.90 Å². The highest BCUT2D eigenvalue weighted by Gasteiger charge is 2.75. The molecule has 8 heteroatoms. The third-order valence-corrected chi connectivity index (χ3v) is 7.26. The molecule has 0 unspecified atom stereocenters. The molecule has 0 saturated carbocycles. The molecule has 3 rings (SSSR count). The Hall–Kier alpha value is -1.93.